The minimum atomic E-state index is -4.40. The molecule has 2 aromatic heterocycles. The highest BCUT2D eigenvalue weighted by Crippen LogP contribution is 2.29. The lowest BCUT2D eigenvalue weighted by atomic mass is 10.1. The summed E-state index contributed by atoms with van der Waals surface area (Å²) in [5, 5.41) is 6.92. The molecule has 0 fully saturated rings. The first-order chi connectivity index (χ1) is 14.8. The van der Waals surface area contributed by atoms with E-state index >= 15 is 0 Å². The van der Waals surface area contributed by atoms with Crippen LogP contribution in [0.25, 0.3) is 0 Å². The number of benzene rings is 1. The number of aromatic nitrogens is 3. The predicted octanol–water partition coefficient (Wildman–Crippen LogP) is 2.88. The summed E-state index contributed by atoms with van der Waals surface area (Å²) in [6.45, 7) is 1.12. The third kappa shape index (κ3) is 4.57. The quantitative estimate of drug-likeness (QED) is 0.677. The van der Waals surface area contributed by atoms with E-state index in [4.69, 9.17) is 0 Å². The molecule has 1 N–H and O–H groups in total. The highest BCUT2D eigenvalue weighted by atomic mass is 19.4. The van der Waals surface area contributed by atoms with Crippen LogP contribution in [0.3, 0.4) is 0 Å². The van der Waals surface area contributed by atoms with Crippen LogP contribution in [-0.4, -0.2) is 38.0 Å². The van der Waals surface area contributed by atoms with Crippen molar-refractivity contribution in [1.29, 1.82) is 0 Å². The van der Waals surface area contributed by atoms with Crippen molar-refractivity contribution in [3.63, 3.8) is 0 Å². The van der Waals surface area contributed by atoms with Crippen LogP contribution >= 0.6 is 0 Å². The Bertz CT molecular complexity index is 1090. The van der Waals surface area contributed by atoms with Crippen molar-refractivity contribution in [2.45, 2.75) is 25.8 Å². The molecule has 3 heterocycles. The van der Waals surface area contributed by atoms with Gasteiger partial charge in [-0.25, -0.2) is 0 Å². The molecule has 0 unspecified atom stereocenters. The van der Waals surface area contributed by atoms with Crippen molar-refractivity contribution in [3.8, 4) is 0 Å². The predicted molar refractivity (Wildman–Crippen MR) is 104 cm³/mol. The first kappa shape index (κ1) is 20.6. The molecule has 160 valence electrons. The maximum atomic E-state index is 12.8. The van der Waals surface area contributed by atoms with Crippen LogP contribution in [0, 0.1) is 0 Å². The van der Waals surface area contributed by atoms with Gasteiger partial charge in [0.05, 0.1) is 24.3 Å². The van der Waals surface area contributed by atoms with Gasteiger partial charge < -0.3 is 10.2 Å². The van der Waals surface area contributed by atoms with Gasteiger partial charge in [0.25, 0.3) is 11.8 Å². The fourth-order valence-electron chi connectivity index (χ4n) is 3.28. The molecule has 0 aliphatic carbocycles. The van der Waals surface area contributed by atoms with Gasteiger partial charge in [-0.3, -0.25) is 19.3 Å². The highest BCUT2D eigenvalue weighted by molar-refractivity contribution is 5.98. The minimum absolute atomic E-state index is 0.121. The zero-order valence-electron chi connectivity index (χ0n) is 16.3. The van der Waals surface area contributed by atoms with Crippen molar-refractivity contribution < 1.29 is 22.8 Å². The Morgan fingerprint density at radius 2 is 1.87 bits per heavy atom. The van der Waals surface area contributed by atoms with E-state index in [1.54, 1.807) is 18.3 Å². The van der Waals surface area contributed by atoms with Crippen LogP contribution < -0.4 is 5.32 Å². The fourth-order valence-corrected chi connectivity index (χ4v) is 3.28. The summed E-state index contributed by atoms with van der Waals surface area (Å²) in [5.41, 5.74) is 0.929. The summed E-state index contributed by atoms with van der Waals surface area (Å²) in [7, 11) is 0. The van der Waals surface area contributed by atoms with Crippen molar-refractivity contribution in [2.75, 3.05) is 6.54 Å². The molecule has 31 heavy (non-hydrogen) atoms. The van der Waals surface area contributed by atoms with Crippen molar-refractivity contribution >= 4 is 11.8 Å². The van der Waals surface area contributed by atoms with E-state index in [2.05, 4.69) is 15.4 Å². The number of nitrogens with zero attached hydrogens (tertiary/aromatic N) is 4. The molecule has 0 bridgehead atoms. The number of fused-ring (bicyclic) bond motifs is 1. The molecule has 1 aliphatic rings. The molecule has 0 saturated carbocycles. The first-order valence-corrected chi connectivity index (χ1v) is 9.52. The van der Waals surface area contributed by atoms with E-state index in [0.717, 1.165) is 12.1 Å². The number of hydrogen-bond donors (Lipinski definition) is 1. The maximum absolute atomic E-state index is 12.8. The third-order valence-corrected chi connectivity index (χ3v) is 4.91. The first-order valence-electron chi connectivity index (χ1n) is 9.52. The van der Waals surface area contributed by atoms with E-state index in [1.807, 2.05) is 6.07 Å². The van der Waals surface area contributed by atoms with E-state index in [1.165, 1.54) is 27.8 Å². The van der Waals surface area contributed by atoms with Crippen LogP contribution in [-0.2, 0) is 25.8 Å². The summed E-state index contributed by atoms with van der Waals surface area (Å²) in [4.78, 5) is 30.9. The second-order valence-electron chi connectivity index (χ2n) is 7.06. The molecule has 1 aliphatic heterocycles. The SMILES string of the molecule is O=C(NCc1ccccn1)c1cc2n(n1)CCN(Cc1ccc(C(F)(F)F)cc1)C2=O. The Hall–Kier alpha value is -3.69. The number of rotatable bonds is 5. The molecular formula is C21H18F3N5O2. The van der Waals surface area contributed by atoms with Crippen LogP contribution in [0.5, 0.6) is 0 Å². The summed E-state index contributed by atoms with van der Waals surface area (Å²) >= 11 is 0. The summed E-state index contributed by atoms with van der Waals surface area (Å²) < 4.78 is 39.6. The lowest BCUT2D eigenvalue weighted by Gasteiger charge is -2.27. The lowest BCUT2D eigenvalue weighted by Crippen LogP contribution is -2.39. The van der Waals surface area contributed by atoms with Crippen LogP contribution in [0.2, 0.25) is 0 Å². The lowest BCUT2D eigenvalue weighted by molar-refractivity contribution is -0.137. The summed E-state index contributed by atoms with van der Waals surface area (Å²) in [5.74, 6) is -0.753. The monoisotopic (exact) mass is 429 g/mol. The zero-order chi connectivity index (χ0) is 22.0. The standard InChI is InChI=1S/C21H18F3N5O2/c22-21(23,24)15-6-4-14(5-7-15)13-28-9-10-29-18(20(28)31)11-17(27-29)19(30)26-12-16-3-1-2-8-25-16/h1-8,11H,9-10,12-13H2,(H,26,30). The molecule has 0 spiro atoms. The second-order valence-corrected chi connectivity index (χ2v) is 7.06. The van der Waals surface area contributed by atoms with Gasteiger partial charge in [-0.05, 0) is 29.8 Å². The fraction of sp³-hybridized carbons (Fsp3) is 0.238. The van der Waals surface area contributed by atoms with Gasteiger partial charge in [0.15, 0.2) is 5.69 Å². The molecule has 0 atom stereocenters. The van der Waals surface area contributed by atoms with Gasteiger partial charge in [0.1, 0.15) is 5.69 Å². The van der Waals surface area contributed by atoms with Crippen LogP contribution in [0.1, 0.15) is 37.8 Å². The third-order valence-electron chi connectivity index (χ3n) is 4.91. The van der Waals surface area contributed by atoms with E-state index in [-0.39, 0.29) is 30.4 Å². The van der Waals surface area contributed by atoms with E-state index < -0.39 is 17.6 Å². The smallest absolute Gasteiger partial charge is 0.345 e. The van der Waals surface area contributed by atoms with Crippen LogP contribution in [0.4, 0.5) is 13.2 Å². The van der Waals surface area contributed by atoms with Gasteiger partial charge in [-0.15, -0.1) is 0 Å². The molecule has 4 rings (SSSR count). The summed E-state index contributed by atoms with van der Waals surface area (Å²) in [6.07, 6.45) is -2.78. The van der Waals surface area contributed by atoms with E-state index in [9.17, 15) is 22.8 Å². The van der Waals surface area contributed by atoms with Gasteiger partial charge in [-0.2, -0.15) is 18.3 Å². The van der Waals surface area contributed by atoms with Crippen molar-refractivity contribution in [1.82, 2.24) is 25.0 Å². The number of halogens is 3. The molecule has 2 amide bonds. The Labute approximate surface area is 175 Å². The van der Waals surface area contributed by atoms with Crippen molar-refractivity contribution in [2.24, 2.45) is 0 Å². The highest BCUT2D eigenvalue weighted by Gasteiger charge is 2.31. The van der Waals surface area contributed by atoms with Gasteiger partial charge in [0, 0.05) is 25.4 Å². The second kappa shape index (κ2) is 8.21. The molecule has 10 heteroatoms. The number of amides is 2. The average Bonchev–Trinajstić information content (AvgIpc) is 3.20. The Kier molecular flexibility index (Phi) is 5.45. The largest absolute Gasteiger partial charge is 0.416 e. The normalized spacial score (nSPS) is 13.8. The average molecular weight is 429 g/mol. The Morgan fingerprint density at radius 3 is 2.55 bits per heavy atom. The number of hydrogen-bond acceptors (Lipinski definition) is 4. The number of carbonyl (C=O) groups excluding carboxylic acids is 2. The van der Waals surface area contributed by atoms with E-state index in [0.29, 0.717) is 24.3 Å². The Balaban J connectivity index is 1.42. The van der Waals surface area contributed by atoms with Crippen LogP contribution in [0.15, 0.2) is 54.7 Å². The number of carbonyl (C=O) groups is 2. The van der Waals surface area contributed by atoms with Gasteiger partial charge in [0.2, 0.25) is 0 Å². The molecular weight excluding hydrogens is 411 g/mol. The molecule has 0 radical (unpaired) electrons. The minimum Gasteiger partial charge on any atom is -0.345 e. The van der Waals surface area contributed by atoms with Gasteiger partial charge in [-0.1, -0.05) is 18.2 Å². The maximum Gasteiger partial charge on any atom is 0.416 e. The molecule has 3 aromatic rings. The van der Waals surface area contributed by atoms with Gasteiger partial charge >= 0.3 is 6.18 Å². The number of pyridine rings is 1. The Morgan fingerprint density at radius 1 is 1.10 bits per heavy atom. The topological polar surface area (TPSA) is 80.1 Å². The van der Waals surface area contributed by atoms with Crippen molar-refractivity contribution in [3.05, 3.63) is 82.9 Å². The number of alkyl halides is 3. The zero-order valence-corrected chi connectivity index (χ0v) is 16.3. The number of nitrogens with one attached hydrogen (secondary N) is 1. The molecule has 0 saturated heterocycles. The molecule has 7 nitrogen and oxygen atoms in total. The summed E-state index contributed by atoms with van der Waals surface area (Å²) in [6, 6.07) is 11.5. The molecule has 1 aromatic carbocycles.